The number of hydrogen-bond donors (Lipinski definition) is 5. The first-order valence-electron chi connectivity index (χ1n) is 9.41. The minimum atomic E-state index is -4.55. The Bertz CT molecular complexity index is 1240. The highest BCUT2D eigenvalue weighted by Gasteiger charge is 2.30. The monoisotopic (exact) mass is 469 g/mol. The average molecular weight is 469 g/mol. The summed E-state index contributed by atoms with van der Waals surface area (Å²) in [7, 11) is -2.94. The fraction of sp³-hybridized carbons (Fsp3) is 0.238. The number of H-pyrrole nitrogens is 1. The van der Waals surface area contributed by atoms with Crippen LogP contribution in [0.2, 0.25) is 0 Å². The third-order valence-corrected chi connectivity index (χ3v) is 5.46. The normalized spacial score (nSPS) is 13.6. The number of rotatable bonds is 5. The van der Waals surface area contributed by atoms with Crippen LogP contribution in [0, 0.1) is 6.92 Å². The van der Waals surface area contributed by atoms with E-state index in [9.17, 15) is 31.9 Å². The van der Waals surface area contributed by atoms with Gasteiger partial charge in [0, 0.05) is 23.4 Å². The Balaban J connectivity index is 1.83. The maximum Gasteiger partial charge on any atom is 0.416 e. The highest BCUT2D eigenvalue weighted by molar-refractivity contribution is 8.24. The van der Waals surface area contributed by atoms with Crippen LogP contribution in [0.5, 0.6) is 0 Å². The van der Waals surface area contributed by atoms with Crippen LogP contribution >= 0.6 is 10.8 Å². The van der Waals surface area contributed by atoms with Crippen molar-refractivity contribution in [3.05, 3.63) is 75.1 Å². The van der Waals surface area contributed by atoms with E-state index in [0.717, 1.165) is 30.0 Å². The molecular weight excluding hydrogens is 447 g/mol. The Morgan fingerprint density at radius 1 is 1.16 bits per heavy atom. The van der Waals surface area contributed by atoms with Crippen LogP contribution in [0.3, 0.4) is 0 Å². The molecule has 0 fully saturated rings. The zero-order valence-corrected chi connectivity index (χ0v) is 18.2. The van der Waals surface area contributed by atoms with Gasteiger partial charge in [-0.2, -0.15) is 13.2 Å². The van der Waals surface area contributed by atoms with E-state index in [1.54, 1.807) is 32.0 Å². The number of anilines is 1. The zero-order chi connectivity index (χ0) is 23.8. The molecule has 5 N–H and O–H groups in total. The van der Waals surface area contributed by atoms with E-state index in [2.05, 4.69) is 15.0 Å². The van der Waals surface area contributed by atoms with E-state index in [-0.39, 0.29) is 16.5 Å². The van der Waals surface area contributed by atoms with Gasteiger partial charge in [0.1, 0.15) is 5.56 Å². The van der Waals surface area contributed by atoms with Gasteiger partial charge in [-0.1, -0.05) is 12.1 Å². The predicted octanol–water partition coefficient (Wildman–Crippen LogP) is 5.05. The maximum absolute atomic E-state index is 12.9. The minimum Gasteiger partial charge on any atom is -0.360 e. The van der Waals surface area contributed by atoms with Gasteiger partial charge in [-0.15, -0.1) is 10.8 Å². The van der Waals surface area contributed by atoms with Gasteiger partial charge in [0.05, 0.1) is 17.3 Å². The number of benzene rings is 2. The van der Waals surface area contributed by atoms with Crippen LogP contribution in [0.4, 0.5) is 18.9 Å². The van der Waals surface area contributed by atoms with E-state index in [0.29, 0.717) is 11.3 Å². The van der Waals surface area contributed by atoms with E-state index in [1.807, 2.05) is 0 Å². The molecule has 2 aromatic carbocycles. The summed E-state index contributed by atoms with van der Waals surface area (Å²) in [6.07, 6.45) is -2.19. The third kappa shape index (κ3) is 5.23. The summed E-state index contributed by atoms with van der Waals surface area (Å²) in [4.78, 5) is 27.9. The number of pyridine rings is 1. The molecule has 32 heavy (non-hydrogen) atoms. The lowest BCUT2D eigenvalue weighted by Crippen LogP contribution is -2.31. The quantitative estimate of drug-likeness (QED) is 0.359. The van der Waals surface area contributed by atoms with Gasteiger partial charge in [0.15, 0.2) is 0 Å². The number of alkyl halides is 3. The van der Waals surface area contributed by atoms with E-state index >= 15 is 0 Å². The van der Waals surface area contributed by atoms with Gasteiger partial charge in [-0.25, -0.2) is 0 Å². The lowest BCUT2D eigenvalue weighted by atomic mass is 10.0. The van der Waals surface area contributed by atoms with Crippen LogP contribution in [0.1, 0.15) is 40.0 Å². The molecule has 7 nitrogen and oxygen atoms in total. The molecule has 0 aliphatic heterocycles. The molecular formula is C21H22F3N3O4S. The van der Waals surface area contributed by atoms with Crippen molar-refractivity contribution in [2.75, 3.05) is 11.0 Å². The van der Waals surface area contributed by atoms with Gasteiger partial charge in [0.25, 0.3) is 5.91 Å². The van der Waals surface area contributed by atoms with E-state index in [1.165, 1.54) is 6.26 Å². The summed E-state index contributed by atoms with van der Waals surface area (Å²) in [6, 6.07) is 7.25. The Hall–Kier alpha value is -3.02. The maximum atomic E-state index is 12.9. The number of carbonyl (C=O) groups excluding carboxylic acids is 1. The lowest BCUT2D eigenvalue weighted by Gasteiger charge is -2.29. The number of fused-ring (bicyclic) bond motifs is 1. The lowest BCUT2D eigenvalue weighted by molar-refractivity contribution is -0.137. The summed E-state index contributed by atoms with van der Waals surface area (Å²) in [6.45, 7) is 3.47. The summed E-state index contributed by atoms with van der Waals surface area (Å²) in [5.41, 5.74) is 0.133. The summed E-state index contributed by atoms with van der Waals surface area (Å²) >= 11 is 0. The predicted molar refractivity (Wildman–Crippen MR) is 119 cm³/mol. The van der Waals surface area contributed by atoms with Gasteiger partial charge >= 0.3 is 6.18 Å². The fourth-order valence-electron chi connectivity index (χ4n) is 3.20. The van der Waals surface area contributed by atoms with Crippen molar-refractivity contribution < 1.29 is 27.1 Å². The number of aromatic amines is 1. The Labute approximate surface area is 183 Å². The van der Waals surface area contributed by atoms with Crippen molar-refractivity contribution in [1.29, 1.82) is 0 Å². The summed E-state index contributed by atoms with van der Waals surface area (Å²) in [5.74, 6) is -0.678. The molecule has 1 amide bonds. The fourth-order valence-corrected chi connectivity index (χ4v) is 3.85. The van der Waals surface area contributed by atoms with Crippen molar-refractivity contribution in [3.8, 4) is 0 Å². The molecule has 1 atom stereocenters. The molecule has 0 aliphatic rings. The van der Waals surface area contributed by atoms with Crippen LogP contribution in [0.25, 0.3) is 10.9 Å². The van der Waals surface area contributed by atoms with E-state index < -0.39 is 39.9 Å². The Morgan fingerprint density at radius 2 is 1.84 bits per heavy atom. The molecule has 0 unspecified atom stereocenters. The highest BCUT2D eigenvalue weighted by Crippen LogP contribution is 2.36. The first-order valence-corrected chi connectivity index (χ1v) is 11.4. The van der Waals surface area contributed by atoms with Crippen molar-refractivity contribution in [1.82, 2.24) is 10.3 Å². The van der Waals surface area contributed by atoms with Crippen LogP contribution in [-0.2, 0) is 6.18 Å². The number of aromatic nitrogens is 1. The zero-order valence-electron chi connectivity index (χ0n) is 17.4. The molecule has 1 aromatic heterocycles. The molecule has 0 aliphatic carbocycles. The number of amides is 1. The first-order chi connectivity index (χ1) is 14.8. The molecule has 3 aromatic rings. The second-order valence-corrected chi connectivity index (χ2v) is 9.37. The molecule has 0 saturated carbocycles. The van der Waals surface area contributed by atoms with Crippen LogP contribution in [-0.4, -0.2) is 26.3 Å². The van der Waals surface area contributed by atoms with Crippen molar-refractivity contribution >= 4 is 33.3 Å². The van der Waals surface area contributed by atoms with Gasteiger partial charge in [0.2, 0.25) is 5.43 Å². The second-order valence-electron chi connectivity index (χ2n) is 7.49. The molecule has 0 bridgehead atoms. The number of hydrogen-bond acceptors (Lipinski definition) is 5. The number of nitrogens with one attached hydrogen (secondary N) is 3. The molecule has 11 heteroatoms. The molecule has 0 saturated heterocycles. The standard InChI is InChI=1S/C21H22F3N3O4S/c1-11-8-13(4-7-17(11)27-32(3,30)31)12(2)26-20(29)16-10-25-18-9-14(21(22,23)24)5-6-15(18)19(16)28/h4-10,12,27,30-31H,1-3H3,(H,25,28)(H,26,29)/t12-/m1/s1. The van der Waals surface area contributed by atoms with Crippen molar-refractivity contribution in [2.45, 2.75) is 26.1 Å². The van der Waals surface area contributed by atoms with Gasteiger partial charge in [-0.05, 0) is 49.2 Å². The SMILES string of the molecule is Cc1cc([C@@H](C)NC(=O)c2c[nH]c3cc(C(F)(F)F)ccc3c2=O)ccc1NS(C)(O)O. The topological polar surface area (TPSA) is 114 Å². The summed E-state index contributed by atoms with van der Waals surface area (Å²) < 4.78 is 60.4. The largest absolute Gasteiger partial charge is 0.416 e. The van der Waals surface area contributed by atoms with Crippen molar-refractivity contribution in [3.63, 3.8) is 0 Å². The number of aryl methyl sites for hydroxylation is 1. The summed E-state index contributed by atoms with van der Waals surface area (Å²) in [5, 5.41) is 2.67. The minimum absolute atomic E-state index is 0.0185. The van der Waals surface area contributed by atoms with Crippen LogP contribution < -0.4 is 15.5 Å². The highest BCUT2D eigenvalue weighted by atomic mass is 32.3. The van der Waals surface area contributed by atoms with Gasteiger partial charge < -0.3 is 10.3 Å². The third-order valence-electron chi connectivity index (χ3n) is 4.85. The second kappa shape index (κ2) is 8.49. The molecule has 172 valence electrons. The molecule has 3 rings (SSSR count). The number of carbonyl (C=O) groups is 1. The first kappa shape index (κ1) is 23.6. The molecule has 1 heterocycles. The average Bonchev–Trinajstić information content (AvgIpc) is 2.67. The molecule has 0 radical (unpaired) electrons. The molecule has 0 spiro atoms. The van der Waals surface area contributed by atoms with Crippen LogP contribution in [0.15, 0.2) is 47.4 Å². The van der Waals surface area contributed by atoms with E-state index in [4.69, 9.17) is 0 Å². The Kier molecular flexibility index (Phi) is 6.27. The van der Waals surface area contributed by atoms with Crippen molar-refractivity contribution in [2.24, 2.45) is 0 Å². The van der Waals surface area contributed by atoms with Gasteiger partial charge in [-0.3, -0.25) is 23.4 Å². The smallest absolute Gasteiger partial charge is 0.360 e. The number of halogens is 3. The Morgan fingerprint density at radius 3 is 2.44 bits per heavy atom.